The molecule has 0 amide bonds. The fourth-order valence-electron chi connectivity index (χ4n) is 1.65. The van der Waals surface area contributed by atoms with Crippen LogP contribution in [0.5, 0.6) is 0 Å². The van der Waals surface area contributed by atoms with E-state index in [1.807, 2.05) is 24.5 Å². The summed E-state index contributed by atoms with van der Waals surface area (Å²) in [6.45, 7) is 0.665. The van der Waals surface area contributed by atoms with Crippen LogP contribution in [0.4, 0.5) is 10.1 Å². The van der Waals surface area contributed by atoms with Crippen LogP contribution in [0.25, 0.3) is 0 Å². The average molecular weight is 326 g/mol. The number of halogens is 2. The highest BCUT2D eigenvalue weighted by molar-refractivity contribution is 9.10. The second kappa shape index (κ2) is 6.25. The lowest BCUT2D eigenvalue weighted by Crippen LogP contribution is -2.01. The fourth-order valence-corrected chi connectivity index (χ4v) is 2.71. The Morgan fingerprint density at radius 3 is 2.72 bits per heavy atom. The van der Waals surface area contributed by atoms with Gasteiger partial charge in [0, 0.05) is 21.6 Å². The molecule has 2 aromatic rings. The third-order valence-electron chi connectivity index (χ3n) is 2.59. The molecule has 0 spiro atoms. The predicted molar refractivity (Wildman–Crippen MR) is 79.6 cm³/mol. The van der Waals surface area contributed by atoms with Crippen molar-refractivity contribution < 1.29 is 4.39 Å². The van der Waals surface area contributed by atoms with Gasteiger partial charge >= 0.3 is 0 Å². The van der Waals surface area contributed by atoms with Crippen LogP contribution in [-0.4, -0.2) is 6.26 Å². The molecule has 1 nitrogen and oxygen atoms in total. The molecule has 0 heterocycles. The summed E-state index contributed by atoms with van der Waals surface area (Å²) in [5.74, 6) is -0.227. The average Bonchev–Trinajstić information content (AvgIpc) is 2.38. The van der Waals surface area contributed by atoms with Crippen molar-refractivity contribution in [3.63, 3.8) is 0 Å². The van der Waals surface area contributed by atoms with E-state index in [9.17, 15) is 4.39 Å². The molecule has 18 heavy (non-hydrogen) atoms. The van der Waals surface area contributed by atoms with Gasteiger partial charge < -0.3 is 5.32 Å². The maximum Gasteiger partial charge on any atom is 0.124 e. The van der Waals surface area contributed by atoms with Gasteiger partial charge in [-0.15, -0.1) is 11.8 Å². The molecule has 0 aromatic heterocycles. The van der Waals surface area contributed by atoms with Crippen molar-refractivity contribution in [3.05, 3.63) is 58.3 Å². The molecule has 94 valence electrons. The lowest BCUT2D eigenvalue weighted by Gasteiger charge is -2.11. The van der Waals surface area contributed by atoms with Gasteiger partial charge in [0.05, 0.1) is 0 Å². The van der Waals surface area contributed by atoms with Crippen LogP contribution in [0.15, 0.2) is 51.8 Å². The van der Waals surface area contributed by atoms with Crippen LogP contribution < -0.4 is 5.32 Å². The summed E-state index contributed by atoms with van der Waals surface area (Å²) in [5, 5.41) is 3.37. The van der Waals surface area contributed by atoms with Gasteiger partial charge in [-0.1, -0.05) is 34.1 Å². The molecular weight excluding hydrogens is 313 g/mol. The van der Waals surface area contributed by atoms with Crippen LogP contribution in [-0.2, 0) is 6.54 Å². The van der Waals surface area contributed by atoms with Crippen LogP contribution in [0, 0.1) is 5.82 Å². The number of thioether (sulfide) groups is 1. The summed E-state index contributed by atoms with van der Waals surface area (Å²) in [6.07, 6.45) is 2.05. The van der Waals surface area contributed by atoms with E-state index in [4.69, 9.17) is 0 Å². The topological polar surface area (TPSA) is 12.0 Å². The highest BCUT2D eigenvalue weighted by Gasteiger charge is 2.03. The molecule has 0 saturated carbocycles. The smallest absolute Gasteiger partial charge is 0.124 e. The van der Waals surface area contributed by atoms with Gasteiger partial charge in [0.2, 0.25) is 0 Å². The number of anilines is 1. The van der Waals surface area contributed by atoms with Crippen molar-refractivity contribution in [2.75, 3.05) is 11.6 Å². The van der Waals surface area contributed by atoms with Crippen molar-refractivity contribution >= 4 is 33.4 Å². The van der Waals surface area contributed by atoms with E-state index in [2.05, 4.69) is 27.3 Å². The second-order valence-electron chi connectivity index (χ2n) is 3.79. The molecule has 0 saturated heterocycles. The maximum absolute atomic E-state index is 13.0. The van der Waals surface area contributed by atoms with Crippen LogP contribution in [0.1, 0.15) is 5.56 Å². The van der Waals surface area contributed by atoms with Crippen LogP contribution >= 0.6 is 27.7 Å². The Bertz CT molecular complexity index is 545. The first-order valence-electron chi connectivity index (χ1n) is 5.51. The molecule has 0 fully saturated rings. The molecule has 2 rings (SSSR count). The molecule has 0 aliphatic heterocycles. The highest BCUT2D eigenvalue weighted by Crippen LogP contribution is 2.26. The molecule has 4 heteroatoms. The van der Waals surface area contributed by atoms with Gasteiger partial charge in [-0.2, -0.15) is 0 Å². The van der Waals surface area contributed by atoms with Crippen molar-refractivity contribution in [3.8, 4) is 0 Å². The summed E-state index contributed by atoms with van der Waals surface area (Å²) < 4.78 is 13.8. The Labute approximate surface area is 119 Å². The lowest BCUT2D eigenvalue weighted by atomic mass is 10.2. The van der Waals surface area contributed by atoms with Crippen molar-refractivity contribution in [2.24, 2.45) is 0 Å². The summed E-state index contributed by atoms with van der Waals surface area (Å²) in [5.41, 5.74) is 2.13. The summed E-state index contributed by atoms with van der Waals surface area (Å²) in [4.78, 5) is 1.20. The Balaban J connectivity index is 2.11. The Hall–Kier alpha value is -1.00. The summed E-state index contributed by atoms with van der Waals surface area (Å²) in [6, 6.07) is 12.9. The minimum atomic E-state index is -0.227. The van der Waals surface area contributed by atoms with E-state index in [0.29, 0.717) is 6.54 Å². The molecule has 2 aromatic carbocycles. The fraction of sp³-hybridized carbons (Fsp3) is 0.143. The number of nitrogens with one attached hydrogen (secondary N) is 1. The van der Waals surface area contributed by atoms with E-state index >= 15 is 0 Å². The van der Waals surface area contributed by atoms with Gasteiger partial charge in [-0.3, -0.25) is 0 Å². The molecule has 0 aliphatic carbocycles. The highest BCUT2D eigenvalue weighted by atomic mass is 79.9. The zero-order valence-corrected chi connectivity index (χ0v) is 12.3. The van der Waals surface area contributed by atoms with Crippen molar-refractivity contribution in [2.45, 2.75) is 11.4 Å². The van der Waals surface area contributed by atoms with Gasteiger partial charge in [0.1, 0.15) is 5.82 Å². The van der Waals surface area contributed by atoms with E-state index in [0.717, 1.165) is 15.7 Å². The minimum Gasteiger partial charge on any atom is -0.380 e. The van der Waals surface area contributed by atoms with Gasteiger partial charge in [-0.05, 0) is 36.1 Å². The molecule has 0 radical (unpaired) electrons. The first kappa shape index (κ1) is 13.4. The minimum absolute atomic E-state index is 0.227. The normalized spacial score (nSPS) is 10.4. The summed E-state index contributed by atoms with van der Waals surface area (Å²) in [7, 11) is 0. The summed E-state index contributed by atoms with van der Waals surface area (Å²) >= 11 is 5.07. The number of rotatable bonds is 4. The quantitative estimate of drug-likeness (QED) is 0.800. The molecule has 0 atom stereocenters. The zero-order valence-electron chi connectivity index (χ0n) is 9.91. The predicted octanol–water partition coefficient (Wildman–Crippen LogP) is 4.92. The molecule has 0 bridgehead atoms. The lowest BCUT2D eigenvalue weighted by molar-refractivity contribution is 0.626. The van der Waals surface area contributed by atoms with Crippen molar-refractivity contribution in [1.29, 1.82) is 0 Å². The van der Waals surface area contributed by atoms with Crippen molar-refractivity contribution in [1.82, 2.24) is 0 Å². The maximum atomic E-state index is 13.0. The first-order valence-corrected chi connectivity index (χ1v) is 7.53. The molecular formula is C14H13BrFNS. The number of hydrogen-bond donors (Lipinski definition) is 1. The molecule has 0 aliphatic rings. The van der Waals surface area contributed by atoms with Crippen LogP contribution in [0.2, 0.25) is 0 Å². The number of hydrogen-bond acceptors (Lipinski definition) is 2. The molecule has 1 N–H and O–H groups in total. The third kappa shape index (κ3) is 3.27. The Morgan fingerprint density at radius 1 is 1.22 bits per heavy atom. The van der Waals surface area contributed by atoms with E-state index in [1.54, 1.807) is 17.8 Å². The van der Waals surface area contributed by atoms with Gasteiger partial charge in [0.25, 0.3) is 0 Å². The molecule has 0 unspecified atom stereocenters. The first-order chi connectivity index (χ1) is 8.70. The van der Waals surface area contributed by atoms with E-state index in [1.165, 1.54) is 17.0 Å². The van der Waals surface area contributed by atoms with Gasteiger partial charge in [0.15, 0.2) is 0 Å². The number of benzene rings is 2. The Kier molecular flexibility index (Phi) is 4.66. The standard InChI is InChI=1S/C14H13BrFNS/c1-18-14-5-3-2-4-13(14)17-9-10-6-7-11(16)8-12(10)15/h2-8,17H,9H2,1H3. The SMILES string of the molecule is CSc1ccccc1NCc1ccc(F)cc1Br. The largest absolute Gasteiger partial charge is 0.380 e. The second-order valence-corrected chi connectivity index (χ2v) is 5.49. The van der Waals surface area contributed by atoms with E-state index < -0.39 is 0 Å². The monoisotopic (exact) mass is 325 g/mol. The van der Waals surface area contributed by atoms with E-state index in [-0.39, 0.29) is 5.82 Å². The van der Waals surface area contributed by atoms with Crippen LogP contribution in [0.3, 0.4) is 0 Å². The number of para-hydroxylation sites is 1. The Morgan fingerprint density at radius 2 is 2.00 bits per heavy atom. The zero-order chi connectivity index (χ0) is 13.0. The third-order valence-corrected chi connectivity index (χ3v) is 4.13. The van der Waals surface area contributed by atoms with Gasteiger partial charge in [-0.25, -0.2) is 4.39 Å².